The van der Waals surface area contributed by atoms with Crippen molar-refractivity contribution >= 4 is 11.8 Å². The number of carbonyl (C=O) groups is 2. The highest BCUT2D eigenvalue weighted by Crippen LogP contribution is 2.69. The second-order valence-corrected chi connectivity index (χ2v) is 9.40. The number of rotatable bonds is 4. The summed E-state index contributed by atoms with van der Waals surface area (Å²) >= 11 is 0. The van der Waals surface area contributed by atoms with Gasteiger partial charge in [-0.2, -0.15) is 0 Å². The summed E-state index contributed by atoms with van der Waals surface area (Å²) in [4.78, 5) is 26.5. The van der Waals surface area contributed by atoms with Gasteiger partial charge < -0.3 is 10.6 Å². The summed E-state index contributed by atoms with van der Waals surface area (Å²) in [5.74, 6) is 0.449. The van der Waals surface area contributed by atoms with E-state index in [1.165, 1.54) is 19.3 Å². The highest BCUT2D eigenvalue weighted by Gasteiger charge is 2.63. The molecule has 0 aromatic rings. The predicted molar refractivity (Wildman–Crippen MR) is 85.9 cm³/mol. The van der Waals surface area contributed by atoms with Crippen LogP contribution in [0.4, 0.5) is 0 Å². The Morgan fingerprint density at radius 3 is 2.05 bits per heavy atom. The molecule has 0 aromatic carbocycles. The summed E-state index contributed by atoms with van der Waals surface area (Å²) in [6, 6.07) is 0.0219. The SMILES string of the molecule is CC(C)N(CC(N)=O)C(=O)C12CC3CC(C)(CC(C)(C3)C1)C2. The standard InChI is InChI=1S/C18H30N2O2/c1-12(2)20(8-14(19)21)15(22)18-7-13-5-16(3,10-18)9-17(4,6-13)11-18/h12-13H,5-11H2,1-4H3,(H2,19,21). The first-order valence-corrected chi connectivity index (χ1v) is 8.66. The maximum atomic E-state index is 13.4. The van der Waals surface area contributed by atoms with Crippen molar-refractivity contribution in [2.45, 2.75) is 72.3 Å². The van der Waals surface area contributed by atoms with Crippen molar-refractivity contribution in [3.05, 3.63) is 0 Å². The van der Waals surface area contributed by atoms with Gasteiger partial charge in [-0.1, -0.05) is 13.8 Å². The Kier molecular flexibility index (Phi) is 3.39. The number of nitrogens with two attached hydrogens (primary N) is 1. The van der Waals surface area contributed by atoms with Crippen LogP contribution in [0, 0.1) is 22.2 Å². The first-order chi connectivity index (χ1) is 10.1. The van der Waals surface area contributed by atoms with E-state index < -0.39 is 5.91 Å². The van der Waals surface area contributed by atoms with Crippen LogP contribution in [0.25, 0.3) is 0 Å². The van der Waals surface area contributed by atoms with Gasteiger partial charge >= 0.3 is 0 Å². The number of primary amides is 1. The molecule has 4 rings (SSSR count). The second-order valence-electron chi connectivity index (χ2n) is 9.40. The summed E-state index contributed by atoms with van der Waals surface area (Å²) < 4.78 is 0. The van der Waals surface area contributed by atoms with Crippen molar-refractivity contribution in [2.75, 3.05) is 6.54 Å². The van der Waals surface area contributed by atoms with Gasteiger partial charge in [0.05, 0.1) is 12.0 Å². The molecule has 0 saturated heterocycles. The van der Waals surface area contributed by atoms with Crippen molar-refractivity contribution < 1.29 is 9.59 Å². The molecule has 4 fully saturated rings. The third-order valence-electron chi connectivity index (χ3n) is 6.29. The number of carbonyl (C=O) groups excluding carboxylic acids is 2. The molecule has 0 aliphatic heterocycles. The number of hydrogen-bond acceptors (Lipinski definition) is 2. The summed E-state index contributed by atoms with van der Waals surface area (Å²) in [6.45, 7) is 8.74. The van der Waals surface area contributed by atoms with Crippen molar-refractivity contribution in [1.82, 2.24) is 4.90 Å². The zero-order chi connectivity index (χ0) is 16.3. The molecule has 2 amide bonds. The quantitative estimate of drug-likeness (QED) is 0.868. The molecule has 0 spiro atoms. The van der Waals surface area contributed by atoms with Gasteiger partial charge in [-0.15, -0.1) is 0 Å². The highest BCUT2D eigenvalue weighted by molar-refractivity contribution is 5.88. The van der Waals surface area contributed by atoms with Crippen LogP contribution in [-0.2, 0) is 9.59 Å². The molecular formula is C18H30N2O2. The first kappa shape index (κ1) is 15.8. The Labute approximate surface area is 133 Å². The van der Waals surface area contributed by atoms with Gasteiger partial charge in [-0.3, -0.25) is 9.59 Å². The average Bonchev–Trinajstić information content (AvgIpc) is 2.29. The number of nitrogens with zero attached hydrogens (tertiary/aromatic N) is 1. The van der Waals surface area contributed by atoms with Crippen LogP contribution in [0.15, 0.2) is 0 Å². The van der Waals surface area contributed by atoms with Gasteiger partial charge in [0, 0.05) is 6.04 Å². The van der Waals surface area contributed by atoms with E-state index in [1.807, 2.05) is 13.8 Å². The lowest BCUT2D eigenvalue weighted by Gasteiger charge is -2.65. The molecule has 4 aliphatic rings. The first-order valence-electron chi connectivity index (χ1n) is 8.66. The number of hydrogen-bond donors (Lipinski definition) is 1. The van der Waals surface area contributed by atoms with Crippen molar-refractivity contribution in [2.24, 2.45) is 27.9 Å². The van der Waals surface area contributed by atoms with Crippen LogP contribution in [0.1, 0.15) is 66.2 Å². The fraction of sp³-hybridized carbons (Fsp3) is 0.889. The van der Waals surface area contributed by atoms with Crippen LogP contribution < -0.4 is 5.73 Å². The molecule has 4 saturated carbocycles. The Morgan fingerprint density at radius 2 is 1.64 bits per heavy atom. The molecule has 4 bridgehead atoms. The maximum Gasteiger partial charge on any atom is 0.237 e. The summed E-state index contributed by atoms with van der Waals surface area (Å²) in [5, 5.41) is 0. The Balaban J connectivity index is 1.92. The molecule has 2 unspecified atom stereocenters. The van der Waals surface area contributed by atoms with Crippen molar-refractivity contribution in [1.29, 1.82) is 0 Å². The molecule has 4 nitrogen and oxygen atoms in total. The minimum absolute atomic E-state index is 0.0219. The van der Waals surface area contributed by atoms with Gasteiger partial charge in [0.1, 0.15) is 0 Å². The minimum Gasteiger partial charge on any atom is -0.368 e. The second kappa shape index (κ2) is 4.72. The third kappa shape index (κ3) is 2.44. The van der Waals surface area contributed by atoms with Gasteiger partial charge in [0.25, 0.3) is 0 Å². The lowest BCUT2D eigenvalue weighted by molar-refractivity contribution is -0.181. The molecule has 0 radical (unpaired) electrons. The molecule has 4 heteroatoms. The lowest BCUT2D eigenvalue weighted by Crippen LogP contribution is -2.61. The van der Waals surface area contributed by atoms with E-state index in [0.29, 0.717) is 16.7 Å². The Hall–Kier alpha value is -1.06. The van der Waals surface area contributed by atoms with E-state index >= 15 is 0 Å². The Bertz CT molecular complexity index is 495. The van der Waals surface area contributed by atoms with E-state index in [-0.39, 0.29) is 23.9 Å². The van der Waals surface area contributed by atoms with Gasteiger partial charge in [-0.05, 0) is 69.1 Å². The van der Waals surface area contributed by atoms with Crippen LogP contribution in [0.5, 0.6) is 0 Å². The van der Waals surface area contributed by atoms with Crippen LogP contribution in [-0.4, -0.2) is 29.3 Å². The topological polar surface area (TPSA) is 63.4 Å². The zero-order valence-corrected chi connectivity index (χ0v) is 14.4. The van der Waals surface area contributed by atoms with E-state index in [1.54, 1.807) is 4.90 Å². The monoisotopic (exact) mass is 306 g/mol. The molecule has 124 valence electrons. The van der Waals surface area contributed by atoms with Crippen molar-refractivity contribution in [3.63, 3.8) is 0 Å². The van der Waals surface area contributed by atoms with Crippen molar-refractivity contribution in [3.8, 4) is 0 Å². The third-order valence-corrected chi connectivity index (χ3v) is 6.29. The largest absolute Gasteiger partial charge is 0.368 e. The van der Waals surface area contributed by atoms with E-state index in [9.17, 15) is 9.59 Å². The molecule has 4 aliphatic carbocycles. The predicted octanol–water partition coefficient (Wildman–Crippen LogP) is 2.71. The van der Waals surface area contributed by atoms with Gasteiger partial charge in [-0.25, -0.2) is 0 Å². The van der Waals surface area contributed by atoms with Gasteiger partial charge in [0.15, 0.2) is 0 Å². The molecule has 2 atom stereocenters. The smallest absolute Gasteiger partial charge is 0.237 e. The van der Waals surface area contributed by atoms with E-state index in [0.717, 1.165) is 19.3 Å². The molecule has 0 aromatic heterocycles. The fourth-order valence-corrected chi connectivity index (χ4v) is 6.65. The molecule has 0 heterocycles. The highest BCUT2D eigenvalue weighted by atomic mass is 16.2. The molecule has 2 N–H and O–H groups in total. The summed E-state index contributed by atoms with van der Waals surface area (Å²) in [7, 11) is 0. The molecule has 22 heavy (non-hydrogen) atoms. The minimum atomic E-state index is -0.413. The van der Waals surface area contributed by atoms with Crippen LogP contribution in [0.3, 0.4) is 0 Å². The summed E-state index contributed by atoms with van der Waals surface area (Å²) in [5.41, 5.74) is 5.74. The van der Waals surface area contributed by atoms with Crippen LogP contribution in [0.2, 0.25) is 0 Å². The van der Waals surface area contributed by atoms with E-state index in [4.69, 9.17) is 5.73 Å². The maximum absolute atomic E-state index is 13.4. The average molecular weight is 306 g/mol. The zero-order valence-electron chi connectivity index (χ0n) is 14.4. The molecular weight excluding hydrogens is 276 g/mol. The van der Waals surface area contributed by atoms with E-state index in [2.05, 4.69) is 13.8 Å². The fourth-order valence-electron chi connectivity index (χ4n) is 6.65. The normalized spacial score (nSPS) is 42.7. The summed E-state index contributed by atoms with van der Waals surface area (Å²) in [6.07, 6.45) is 6.80. The van der Waals surface area contributed by atoms with Crippen LogP contribution >= 0.6 is 0 Å². The Morgan fingerprint density at radius 1 is 1.09 bits per heavy atom. The number of amides is 2. The lowest BCUT2D eigenvalue weighted by atomic mass is 9.40. The van der Waals surface area contributed by atoms with Gasteiger partial charge in [0.2, 0.25) is 11.8 Å².